The SMILES string of the molecule is COc1ccc([C@@H]2CNCCN2S(=O)(=O)c2cn(C)cn2)cc1. The van der Waals surface area contributed by atoms with Crippen molar-refractivity contribution in [2.75, 3.05) is 26.7 Å². The second-order valence-electron chi connectivity index (χ2n) is 5.49. The van der Waals surface area contributed by atoms with Crippen molar-refractivity contribution in [3.63, 3.8) is 0 Å². The van der Waals surface area contributed by atoms with Gasteiger partial charge in [-0.2, -0.15) is 4.31 Å². The number of nitrogens with one attached hydrogen (secondary N) is 1. The number of sulfonamides is 1. The number of imidazole rings is 1. The summed E-state index contributed by atoms with van der Waals surface area (Å²) >= 11 is 0. The lowest BCUT2D eigenvalue weighted by molar-refractivity contribution is 0.270. The molecule has 0 bridgehead atoms. The lowest BCUT2D eigenvalue weighted by Crippen LogP contribution is -2.48. The van der Waals surface area contributed by atoms with Gasteiger partial charge in [0.15, 0.2) is 5.03 Å². The number of aryl methyl sites for hydroxylation is 1. The lowest BCUT2D eigenvalue weighted by atomic mass is 10.1. The molecule has 1 aliphatic heterocycles. The summed E-state index contributed by atoms with van der Waals surface area (Å²) in [6, 6.07) is 7.22. The molecule has 0 unspecified atom stereocenters. The van der Waals surface area contributed by atoms with Crippen molar-refractivity contribution in [2.45, 2.75) is 11.1 Å². The first-order valence-electron chi connectivity index (χ1n) is 7.37. The van der Waals surface area contributed by atoms with Crippen molar-refractivity contribution in [3.8, 4) is 5.75 Å². The molecule has 0 saturated carbocycles. The molecule has 1 aromatic heterocycles. The zero-order valence-electron chi connectivity index (χ0n) is 13.1. The summed E-state index contributed by atoms with van der Waals surface area (Å²) in [7, 11) is -0.263. The third-order valence-corrected chi connectivity index (χ3v) is 5.74. The van der Waals surface area contributed by atoms with Crippen LogP contribution in [0.25, 0.3) is 0 Å². The smallest absolute Gasteiger partial charge is 0.262 e. The molecule has 2 aromatic rings. The maximum Gasteiger partial charge on any atom is 0.262 e. The van der Waals surface area contributed by atoms with Crippen molar-refractivity contribution in [3.05, 3.63) is 42.4 Å². The number of hydrogen-bond acceptors (Lipinski definition) is 5. The van der Waals surface area contributed by atoms with Gasteiger partial charge < -0.3 is 14.6 Å². The molecule has 0 amide bonds. The molecule has 23 heavy (non-hydrogen) atoms. The third-order valence-electron chi connectivity index (χ3n) is 3.95. The summed E-state index contributed by atoms with van der Waals surface area (Å²) < 4.78 is 34.1. The molecular formula is C15H20N4O3S. The molecule has 3 rings (SSSR count). The molecule has 0 spiro atoms. The zero-order chi connectivity index (χ0) is 16.4. The topological polar surface area (TPSA) is 76.5 Å². The van der Waals surface area contributed by atoms with Crippen LogP contribution < -0.4 is 10.1 Å². The number of ether oxygens (including phenoxy) is 1. The van der Waals surface area contributed by atoms with Crippen LogP contribution in [0.1, 0.15) is 11.6 Å². The minimum absolute atomic E-state index is 0.0837. The van der Waals surface area contributed by atoms with Gasteiger partial charge in [0.1, 0.15) is 5.75 Å². The molecule has 0 radical (unpaired) electrons. The van der Waals surface area contributed by atoms with Gasteiger partial charge in [-0.15, -0.1) is 0 Å². The first kappa shape index (κ1) is 16.0. The van der Waals surface area contributed by atoms with Gasteiger partial charge in [-0.1, -0.05) is 12.1 Å². The molecule has 1 aromatic carbocycles. The summed E-state index contributed by atoms with van der Waals surface area (Å²) in [5.41, 5.74) is 0.928. The van der Waals surface area contributed by atoms with Crippen molar-refractivity contribution >= 4 is 10.0 Å². The van der Waals surface area contributed by atoms with Gasteiger partial charge in [0, 0.05) is 32.9 Å². The third kappa shape index (κ3) is 3.10. The quantitative estimate of drug-likeness (QED) is 0.892. The van der Waals surface area contributed by atoms with E-state index in [1.165, 1.54) is 16.8 Å². The van der Waals surface area contributed by atoms with Crippen molar-refractivity contribution < 1.29 is 13.2 Å². The summed E-state index contributed by atoms with van der Waals surface area (Å²) in [4.78, 5) is 4.01. The van der Waals surface area contributed by atoms with E-state index in [2.05, 4.69) is 10.3 Å². The Kier molecular flexibility index (Phi) is 4.38. The monoisotopic (exact) mass is 336 g/mol. The van der Waals surface area contributed by atoms with E-state index < -0.39 is 10.0 Å². The van der Waals surface area contributed by atoms with Gasteiger partial charge in [-0.25, -0.2) is 13.4 Å². The largest absolute Gasteiger partial charge is 0.497 e. The Morgan fingerprint density at radius 3 is 2.65 bits per heavy atom. The van der Waals surface area contributed by atoms with Gasteiger partial charge in [-0.3, -0.25) is 0 Å². The number of aromatic nitrogens is 2. The van der Waals surface area contributed by atoms with Crippen LogP contribution in [0.2, 0.25) is 0 Å². The fourth-order valence-electron chi connectivity index (χ4n) is 2.73. The minimum atomic E-state index is -3.62. The molecule has 8 heteroatoms. The van der Waals surface area contributed by atoms with E-state index in [1.807, 2.05) is 24.3 Å². The molecule has 1 aliphatic rings. The molecule has 0 aliphatic carbocycles. The molecule has 2 heterocycles. The highest BCUT2D eigenvalue weighted by Gasteiger charge is 2.35. The fourth-order valence-corrected chi connectivity index (χ4v) is 4.31. The Bertz CT molecular complexity index is 770. The highest BCUT2D eigenvalue weighted by atomic mass is 32.2. The van der Waals surface area contributed by atoms with Crippen LogP contribution in [0, 0.1) is 0 Å². The maximum atomic E-state index is 12.9. The standard InChI is InChI=1S/C15H20N4O3S/c1-18-10-15(17-11-18)23(20,21)19-8-7-16-9-14(19)12-3-5-13(22-2)6-4-12/h3-6,10-11,14,16H,7-9H2,1-2H3/t14-/m0/s1. The van der Waals surface area contributed by atoms with Crippen LogP contribution in [0.15, 0.2) is 41.8 Å². The van der Waals surface area contributed by atoms with Crippen LogP contribution in [0.5, 0.6) is 5.75 Å². The zero-order valence-corrected chi connectivity index (χ0v) is 14.0. The van der Waals surface area contributed by atoms with E-state index in [-0.39, 0.29) is 11.1 Å². The molecule has 124 valence electrons. The highest BCUT2D eigenvalue weighted by Crippen LogP contribution is 2.29. The van der Waals surface area contributed by atoms with E-state index >= 15 is 0 Å². The van der Waals surface area contributed by atoms with Gasteiger partial charge in [0.05, 0.1) is 19.5 Å². The number of rotatable bonds is 4. The predicted molar refractivity (Wildman–Crippen MR) is 85.7 cm³/mol. The summed E-state index contributed by atoms with van der Waals surface area (Å²) in [6.07, 6.45) is 3.03. The highest BCUT2D eigenvalue weighted by molar-refractivity contribution is 7.89. The Morgan fingerprint density at radius 2 is 2.04 bits per heavy atom. The van der Waals surface area contributed by atoms with Crippen molar-refractivity contribution in [1.82, 2.24) is 19.2 Å². The van der Waals surface area contributed by atoms with E-state index in [0.717, 1.165) is 11.3 Å². The molecule has 1 atom stereocenters. The second kappa shape index (κ2) is 6.31. The van der Waals surface area contributed by atoms with Crippen LogP contribution in [0.3, 0.4) is 0 Å². The van der Waals surface area contributed by atoms with E-state index in [0.29, 0.717) is 19.6 Å². The van der Waals surface area contributed by atoms with Gasteiger partial charge in [0.25, 0.3) is 10.0 Å². The van der Waals surface area contributed by atoms with Crippen LogP contribution >= 0.6 is 0 Å². The number of benzene rings is 1. The fraction of sp³-hybridized carbons (Fsp3) is 0.400. The number of piperazine rings is 1. The minimum Gasteiger partial charge on any atom is -0.497 e. The molecule has 1 N–H and O–H groups in total. The Labute approximate surface area is 135 Å². The Balaban J connectivity index is 1.94. The van der Waals surface area contributed by atoms with E-state index in [9.17, 15) is 8.42 Å². The van der Waals surface area contributed by atoms with Crippen LogP contribution in [0.4, 0.5) is 0 Å². The summed E-state index contributed by atoms with van der Waals surface area (Å²) in [5.74, 6) is 0.747. The van der Waals surface area contributed by atoms with Gasteiger partial charge in [0.2, 0.25) is 0 Å². The molecule has 1 saturated heterocycles. The van der Waals surface area contributed by atoms with Gasteiger partial charge in [-0.05, 0) is 17.7 Å². The van der Waals surface area contributed by atoms with Crippen LogP contribution in [-0.2, 0) is 17.1 Å². The second-order valence-corrected chi connectivity index (χ2v) is 7.32. The van der Waals surface area contributed by atoms with E-state index in [4.69, 9.17) is 4.74 Å². The number of hydrogen-bond donors (Lipinski definition) is 1. The average molecular weight is 336 g/mol. The molecule has 7 nitrogen and oxygen atoms in total. The first-order chi connectivity index (χ1) is 11.0. The van der Waals surface area contributed by atoms with Crippen LogP contribution in [-0.4, -0.2) is 49.0 Å². The lowest BCUT2D eigenvalue weighted by Gasteiger charge is -2.34. The van der Waals surface area contributed by atoms with Crippen molar-refractivity contribution in [2.24, 2.45) is 7.05 Å². The number of nitrogens with zero attached hydrogens (tertiary/aromatic N) is 3. The molecule has 1 fully saturated rings. The molecular weight excluding hydrogens is 316 g/mol. The Hall–Kier alpha value is -1.90. The number of methoxy groups -OCH3 is 1. The maximum absolute atomic E-state index is 12.9. The summed E-state index contributed by atoms with van der Waals surface area (Å²) in [5, 5.41) is 3.34. The normalized spacial score (nSPS) is 19.7. The average Bonchev–Trinajstić information content (AvgIpc) is 3.02. The van der Waals surface area contributed by atoms with Crippen molar-refractivity contribution in [1.29, 1.82) is 0 Å². The Morgan fingerprint density at radius 1 is 1.30 bits per heavy atom. The van der Waals surface area contributed by atoms with E-state index in [1.54, 1.807) is 18.7 Å². The summed E-state index contributed by atoms with van der Waals surface area (Å²) in [6.45, 7) is 1.60. The first-order valence-corrected chi connectivity index (χ1v) is 8.81. The predicted octanol–water partition coefficient (Wildman–Crippen LogP) is 0.764. The van der Waals surface area contributed by atoms with Gasteiger partial charge >= 0.3 is 0 Å².